The van der Waals surface area contributed by atoms with Crippen LogP contribution in [0.25, 0.3) is 11.3 Å². The van der Waals surface area contributed by atoms with Gasteiger partial charge in [0, 0.05) is 24.7 Å². The number of aliphatic carboxylic acids is 1. The van der Waals surface area contributed by atoms with E-state index in [1.54, 1.807) is 43.3 Å². The number of rotatable bonds is 10. The van der Waals surface area contributed by atoms with Crippen LogP contribution in [-0.2, 0) is 11.3 Å². The number of anilines is 1. The normalized spacial score (nSPS) is 11.9. The molecule has 3 N–H and O–H groups in total. The summed E-state index contributed by atoms with van der Waals surface area (Å²) in [4.78, 5) is 23.5. The number of benzene rings is 2. The number of amides is 1. The number of hydrogen-bond donors (Lipinski definition) is 3. The van der Waals surface area contributed by atoms with Crippen molar-refractivity contribution in [3.05, 3.63) is 63.8 Å². The molecule has 34 heavy (non-hydrogen) atoms. The van der Waals surface area contributed by atoms with Gasteiger partial charge in [0.25, 0.3) is 5.91 Å². The molecule has 0 radical (unpaired) electrons. The Morgan fingerprint density at radius 1 is 1.09 bits per heavy atom. The van der Waals surface area contributed by atoms with E-state index in [1.165, 1.54) is 6.07 Å². The highest BCUT2D eigenvalue weighted by molar-refractivity contribution is 6.34. The minimum atomic E-state index is -0.861. The van der Waals surface area contributed by atoms with Gasteiger partial charge < -0.3 is 25.0 Å². The zero-order valence-electron chi connectivity index (χ0n) is 18.9. The van der Waals surface area contributed by atoms with Crippen LogP contribution in [0.4, 0.5) is 5.69 Å². The Bertz CT molecular complexity index is 1180. The summed E-state index contributed by atoms with van der Waals surface area (Å²) >= 11 is 12.6. The Balaban J connectivity index is 1.63. The molecular formula is C24H25Cl2N3O5. The lowest BCUT2D eigenvalue weighted by Crippen LogP contribution is -2.25. The molecule has 3 aromatic rings. The minimum Gasteiger partial charge on any atom is -0.489 e. The third kappa shape index (κ3) is 6.72. The van der Waals surface area contributed by atoms with Gasteiger partial charge in [0.15, 0.2) is 11.5 Å². The van der Waals surface area contributed by atoms with Gasteiger partial charge >= 0.3 is 5.97 Å². The summed E-state index contributed by atoms with van der Waals surface area (Å²) in [5, 5.41) is 19.3. The van der Waals surface area contributed by atoms with E-state index < -0.39 is 17.8 Å². The molecule has 0 aliphatic carbocycles. The smallest absolute Gasteiger partial charge is 0.307 e. The standard InChI is InChI=1S/C24H25Cl2N3O5/c1-13(2)33-21-7-5-16(9-18(21)26)22-10-20(29-34-22)23(30)28-19-6-4-15(8-17(19)25)12-27-11-14(3)24(31)32/h4-10,13-14,27H,11-12H2,1-3H3,(H,28,30)(H,31,32). The van der Waals surface area contributed by atoms with Crippen molar-refractivity contribution in [2.45, 2.75) is 33.4 Å². The third-order valence-corrected chi connectivity index (χ3v) is 5.41. The maximum absolute atomic E-state index is 12.6. The van der Waals surface area contributed by atoms with Crippen LogP contribution in [0.15, 0.2) is 47.0 Å². The molecule has 0 aliphatic rings. The van der Waals surface area contributed by atoms with Crippen LogP contribution in [0, 0.1) is 5.92 Å². The number of nitrogens with one attached hydrogen (secondary N) is 2. The average Bonchev–Trinajstić information content (AvgIpc) is 3.27. The fourth-order valence-electron chi connectivity index (χ4n) is 3.00. The molecule has 0 spiro atoms. The number of halogens is 2. The Labute approximate surface area is 207 Å². The van der Waals surface area contributed by atoms with Crippen LogP contribution in [0.2, 0.25) is 10.0 Å². The first-order chi connectivity index (χ1) is 16.1. The molecule has 0 fully saturated rings. The van der Waals surface area contributed by atoms with E-state index in [4.69, 9.17) is 37.6 Å². The first-order valence-corrected chi connectivity index (χ1v) is 11.4. The van der Waals surface area contributed by atoms with Gasteiger partial charge in [-0.1, -0.05) is 41.3 Å². The fourth-order valence-corrected chi connectivity index (χ4v) is 3.47. The molecule has 2 aromatic carbocycles. The summed E-state index contributed by atoms with van der Waals surface area (Å²) in [6.45, 7) is 6.22. The average molecular weight is 506 g/mol. The third-order valence-electron chi connectivity index (χ3n) is 4.80. The SMILES string of the molecule is CC(C)Oc1ccc(-c2cc(C(=O)Nc3ccc(CNCC(C)C(=O)O)cc3Cl)no2)cc1Cl. The Morgan fingerprint density at radius 2 is 1.85 bits per heavy atom. The lowest BCUT2D eigenvalue weighted by Gasteiger charge is -2.11. The van der Waals surface area contributed by atoms with Crippen LogP contribution in [0.1, 0.15) is 36.8 Å². The van der Waals surface area contributed by atoms with Crippen LogP contribution in [0.3, 0.4) is 0 Å². The van der Waals surface area contributed by atoms with Gasteiger partial charge in [-0.05, 0) is 49.7 Å². The molecule has 3 rings (SSSR count). The van der Waals surface area contributed by atoms with E-state index in [0.29, 0.717) is 45.9 Å². The van der Waals surface area contributed by atoms with Crippen molar-refractivity contribution in [2.24, 2.45) is 5.92 Å². The first kappa shape index (κ1) is 25.6. The van der Waals surface area contributed by atoms with Gasteiger partial charge in [0.05, 0.1) is 27.8 Å². The van der Waals surface area contributed by atoms with Gasteiger partial charge in [-0.15, -0.1) is 0 Å². The predicted molar refractivity (Wildman–Crippen MR) is 131 cm³/mol. The van der Waals surface area contributed by atoms with Gasteiger partial charge in [-0.2, -0.15) is 0 Å². The molecule has 0 saturated heterocycles. The van der Waals surface area contributed by atoms with Gasteiger partial charge in [0.2, 0.25) is 0 Å². The summed E-state index contributed by atoms with van der Waals surface area (Å²) in [5.74, 6) is -0.902. The molecule has 1 aromatic heterocycles. The van der Waals surface area contributed by atoms with E-state index in [2.05, 4.69) is 15.8 Å². The second kappa shape index (κ2) is 11.4. The van der Waals surface area contributed by atoms with E-state index >= 15 is 0 Å². The van der Waals surface area contributed by atoms with Crippen molar-refractivity contribution < 1.29 is 24.0 Å². The molecule has 1 heterocycles. The van der Waals surface area contributed by atoms with Crippen molar-refractivity contribution in [1.29, 1.82) is 0 Å². The first-order valence-electron chi connectivity index (χ1n) is 10.6. The minimum absolute atomic E-state index is 0.0123. The number of carboxylic acids is 1. The molecule has 0 bridgehead atoms. The predicted octanol–water partition coefficient (Wildman–Crippen LogP) is 5.50. The van der Waals surface area contributed by atoms with E-state index in [0.717, 1.165) is 5.56 Å². The lowest BCUT2D eigenvalue weighted by atomic mass is 10.1. The lowest BCUT2D eigenvalue weighted by molar-refractivity contribution is -0.140. The summed E-state index contributed by atoms with van der Waals surface area (Å²) in [7, 11) is 0. The summed E-state index contributed by atoms with van der Waals surface area (Å²) in [6.07, 6.45) is -0.0123. The summed E-state index contributed by atoms with van der Waals surface area (Å²) < 4.78 is 10.9. The van der Waals surface area contributed by atoms with Crippen molar-refractivity contribution in [1.82, 2.24) is 10.5 Å². The van der Waals surface area contributed by atoms with Gasteiger partial charge in [-0.25, -0.2) is 0 Å². The molecule has 0 saturated carbocycles. The number of aromatic nitrogens is 1. The quantitative estimate of drug-likeness (QED) is 0.333. The zero-order valence-corrected chi connectivity index (χ0v) is 20.4. The van der Waals surface area contributed by atoms with E-state index in [1.807, 2.05) is 13.8 Å². The van der Waals surface area contributed by atoms with E-state index in [9.17, 15) is 9.59 Å². The maximum Gasteiger partial charge on any atom is 0.307 e. The van der Waals surface area contributed by atoms with Gasteiger partial charge in [-0.3, -0.25) is 9.59 Å². The molecule has 0 aliphatic heterocycles. The fraction of sp³-hybridized carbons (Fsp3) is 0.292. The molecule has 10 heteroatoms. The van der Waals surface area contributed by atoms with Crippen molar-refractivity contribution >= 4 is 40.8 Å². The molecule has 1 unspecified atom stereocenters. The monoisotopic (exact) mass is 505 g/mol. The zero-order chi connectivity index (χ0) is 24.8. The number of carbonyl (C=O) groups is 2. The number of carbonyl (C=O) groups excluding carboxylic acids is 1. The second-order valence-electron chi connectivity index (χ2n) is 8.03. The maximum atomic E-state index is 12.6. The number of ether oxygens (including phenoxy) is 1. The topological polar surface area (TPSA) is 114 Å². The Kier molecular flexibility index (Phi) is 8.55. The molecule has 1 atom stereocenters. The summed E-state index contributed by atoms with van der Waals surface area (Å²) in [6, 6.07) is 11.9. The highest BCUT2D eigenvalue weighted by Crippen LogP contribution is 2.31. The second-order valence-corrected chi connectivity index (χ2v) is 8.84. The number of carboxylic acid groups (broad SMARTS) is 1. The highest BCUT2D eigenvalue weighted by atomic mass is 35.5. The molecule has 180 valence electrons. The van der Waals surface area contributed by atoms with E-state index in [-0.39, 0.29) is 11.8 Å². The molecular weight excluding hydrogens is 481 g/mol. The largest absolute Gasteiger partial charge is 0.489 e. The van der Waals surface area contributed by atoms with Gasteiger partial charge in [0.1, 0.15) is 5.75 Å². The number of nitrogens with zero attached hydrogens (tertiary/aromatic N) is 1. The van der Waals surface area contributed by atoms with Crippen LogP contribution in [0.5, 0.6) is 5.75 Å². The highest BCUT2D eigenvalue weighted by Gasteiger charge is 2.17. The van der Waals surface area contributed by atoms with Crippen molar-refractivity contribution in [3.63, 3.8) is 0 Å². The van der Waals surface area contributed by atoms with Crippen molar-refractivity contribution in [2.75, 3.05) is 11.9 Å². The van der Waals surface area contributed by atoms with Crippen molar-refractivity contribution in [3.8, 4) is 17.1 Å². The number of hydrogen-bond acceptors (Lipinski definition) is 6. The van der Waals surface area contributed by atoms with Crippen LogP contribution >= 0.6 is 23.2 Å². The molecule has 8 nitrogen and oxygen atoms in total. The Morgan fingerprint density at radius 3 is 2.50 bits per heavy atom. The summed E-state index contributed by atoms with van der Waals surface area (Å²) in [5.41, 5.74) is 2.00. The Hall–Kier alpha value is -3.07. The molecule has 1 amide bonds. The van der Waals surface area contributed by atoms with Crippen LogP contribution in [-0.4, -0.2) is 34.8 Å². The van der Waals surface area contributed by atoms with Crippen LogP contribution < -0.4 is 15.4 Å².